The first kappa shape index (κ1) is 22.3. The molecule has 2 aromatic carbocycles. The zero-order valence-electron chi connectivity index (χ0n) is 20.7. The van der Waals surface area contributed by atoms with Crippen molar-refractivity contribution in [3.05, 3.63) is 77.0 Å². The lowest BCUT2D eigenvalue weighted by Gasteiger charge is -2.20. The van der Waals surface area contributed by atoms with E-state index in [1.807, 2.05) is 6.20 Å². The predicted molar refractivity (Wildman–Crippen MR) is 136 cm³/mol. The fourth-order valence-corrected chi connectivity index (χ4v) is 4.08. The number of aromatic nitrogens is 1. The SMILES string of the molecule is Cc1cc(-c2cc3oc(-c4cc(C(C)C)cc(C(C)C)c4)cc3cn2)cc(C(C)(C)C)c1. The molecule has 0 amide bonds. The van der Waals surface area contributed by atoms with Crippen molar-refractivity contribution in [2.45, 2.75) is 72.6 Å². The van der Waals surface area contributed by atoms with Crippen molar-refractivity contribution in [1.82, 2.24) is 4.98 Å². The number of pyridine rings is 1. The number of hydrogen-bond acceptors (Lipinski definition) is 2. The van der Waals surface area contributed by atoms with E-state index in [0.29, 0.717) is 11.8 Å². The van der Waals surface area contributed by atoms with Gasteiger partial charge in [0.2, 0.25) is 0 Å². The van der Waals surface area contributed by atoms with Gasteiger partial charge in [-0.15, -0.1) is 0 Å². The first-order valence-electron chi connectivity index (χ1n) is 11.7. The molecule has 0 saturated carbocycles. The van der Waals surface area contributed by atoms with Crippen LogP contribution in [0.2, 0.25) is 0 Å². The maximum Gasteiger partial charge on any atom is 0.138 e. The molecule has 0 N–H and O–H groups in total. The average molecular weight is 426 g/mol. The Labute approximate surface area is 192 Å². The monoisotopic (exact) mass is 425 g/mol. The van der Waals surface area contributed by atoms with E-state index in [1.54, 1.807) is 0 Å². The van der Waals surface area contributed by atoms with Crippen molar-refractivity contribution in [3.63, 3.8) is 0 Å². The molecule has 0 bridgehead atoms. The van der Waals surface area contributed by atoms with Crippen molar-refractivity contribution in [1.29, 1.82) is 0 Å². The van der Waals surface area contributed by atoms with Crippen LogP contribution in [0.15, 0.2) is 59.1 Å². The van der Waals surface area contributed by atoms with Crippen molar-refractivity contribution >= 4 is 11.0 Å². The second-order valence-corrected chi connectivity index (χ2v) is 10.8. The largest absolute Gasteiger partial charge is 0.456 e. The predicted octanol–water partition coefficient (Wildman–Crippen LogP) is 9.01. The van der Waals surface area contributed by atoms with Crippen LogP contribution in [-0.2, 0) is 5.41 Å². The highest BCUT2D eigenvalue weighted by Crippen LogP contribution is 2.34. The summed E-state index contributed by atoms with van der Waals surface area (Å²) in [6.07, 6.45) is 1.94. The standard InChI is InChI=1S/C30H35NO/c1-18(2)21-11-22(19(3)4)13-24(12-21)28-15-25-17-31-27(16-29(25)32-28)23-9-20(5)10-26(14-23)30(6,7)8/h9-19H,1-8H3. The fourth-order valence-electron chi connectivity index (χ4n) is 4.08. The molecule has 2 aromatic heterocycles. The third-order valence-electron chi connectivity index (χ3n) is 6.24. The summed E-state index contributed by atoms with van der Waals surface area (Å²) in [4.78, 5) is 4.78. The molecule has 0 fully saturated rings. The zero-order chi connectivity index (χ0) is 23.2. The van der Waals surface area contributed by atoms with Crippen molar-refractivity contribution in [2.24, 2.45) is 0 Å². The molecule has 2 nitrogen and oxygen atoms in total. The van der Waals surface area contributed by atoms with Gasteiger partial charge in [-0.2, -0.15) is 0 Å². The van der Waals surface area contributed by atoms with Gasteiger partial charge in [0, 0.05) is 28.8 Å². The minimum Gasteiger partial charge on any atom is -0.456 e. The zero-order valence-corrected chi connectivity index (χ0v) is 20.7. The number of benzene rings is 2. The maximum atomic E-state index is 6.37. The van der Waals surface area contributed by atoms with E-state index in [0.717, 1.165) is 33.6 Å². The molecule has 0 aliphatic heterocycles. The molecule has 0 atom stereocenters. The summed E-state index contributed by atoms with van der Waals surface area (Å²) in [5.41, 5.74) is 9.47. The minimum atomic E-state index is 0.0955. The van der Waals surface area contributed by atoms with Crippen LogP contribution >= 0.6 is 0 Å². The Morgan fingerprint density at radius 2 is 1.41 bits per heavy atom. The molecule has 0 saturated heterocycles. The van der Waals surface area contributed by atoms with Crippen LogP contribution in [0.25, 0.3) is 33.6 Å². The van der Waals surface area contributed by atoms with Crippen LogP contribution in [0.1, 0.15) is 82.6 Å². The lowest BCUT2D eigenvalue weighted by atomic mass is 9.85. The molecule has 4 rings (SSSR count). The topological polar surface area (TPSA) is 26.0 Å². The van der Waals surface area contributed by atoms with Gasteiger partial charge in [0.05, 0.1) is 5.69 Å². The Hall–Kier alpha value is -2.87. The normalized spacial score (nSPS) is 12.3. The second-order valence-electron chi connectivity index (χ2n) is 10.8. The van der Waals surface area contributed by atoms with E-state index in [4.69, 9.17) is 9.40 Å². The van der Waals surface area contributed by atoms with Gasteiger partial charge in [0.1, 0.15) is 11.3 Å². The van der Waals surface area contributed by atoms with Crippen LogP contribution in [-0.4, -0.2) is 4.98 Å². The number of hydrogen-bond donors (Lipinski definition) is 0. The summed E-state index contributed by atoms with van der Waals surface area (Å²) in [7, 11) is 0. The highest BCUT2D eigenvalue weighted by molar-refractivity contribution is 5.85. The first-order valence-corrected chi connectivity index (χ1v) is 11.7. The van der Waals surface area contributed by atoms with Gasteiger partial charge in [-0.05, 0) is 71.2 Å². The molecule has 0 radical (unpaired) electrons. The van der Waals surface area contributed by atoms with E-state index in [-0.39, 0.29) is 5.41 Å². The molecule has 0 unspecified atom stereocenters. The Morgan fingerprint density at radius 3 is 2.00 bits per heavy atom. The smallest absolute Gasteiger partial charge is 0.138 e. The lowest BCUT2D eigenvalue weighted by Crippen LogP contribution is -2.11. The summed E-state index contributed by atoms with van der Waals surface area (Å²) in [6, 6.07) is 17.8. The molecule has 2 heterocycles. The highest BCUT2D eigenvalue weighted by atomic mass is 16.3. The second kappa shape index (κ2) is 8.24. The van der Waals surface area contributed by atoms with Crippen molar-refractivity contribution in [2.75, 3.05) is 0 Å². The molecule has 0 spiro atoms. The Kier molecular flexibility index (Phi) is 5.75. The van der Waals surface area contributed by atoms with Crippen LogP contribution in [0, 0.1) is 6.92 Å². The van der Waals surface area contributed by atoms with Crippen molar-refractivity contribution < 1.29 is 4.42 Å². The third kappa shape index (κ3) is 4.50. The van der Waals surface area contributed by atoms with Crippen LogP contribution < -0.4 is 0 Å². The number of fused-ring (bicyclic) bond motifs is 1. The van der Waals surface area contributed by atoms with E-state index < -0.39 is 0 Å². The van der Waals surface area contributed by atoms with E-state index in [1.165, 1.54) is 22.3 Å². The number of nitrogens with zero attached hydrogens (tertiary/aromatic N) is 1. The Bertz CT molecular complexity index is 1240. The molecule has 0 aliphatic rings. The number of furan rings is 1. The summed E-state index contributed by atoms with van der Waals surface area (Å²) >= 11 is 0. The van der Waals surface area contributed by atoms with E-state index in [2.05, 4.69) is 104 Å². The molecular weight excluding hydrogens is 390 g/mol. The maximum absolute atomic E-state index is 6.37. The summed E-state index contributed by atoms with van der Waals surface area (Å²) in [5.74, 6) is 1.86. The summed E-state index contributed by atoms with van der Waals surface area (Å²) < 4.78 is 6.37. The minimum absolute atomic E-state index is 0.0955. The molecule has 166 valence electrons. The van der Waals surface area contributed by atoms with Crippen LogP contribution in [0.4, 0.5) is 0 Å². The third-order valence-corrected chi connectivity index (χ3v) is 6.24. The van der Waals surface area contributed by atoms with Gasteiger partial charge in [0.15, 0.2) is 0 Å². The van der Waals surface area contributed by atoms with E-state index >= 15 is 0 Å². The average Bonchev–Trinajstić information content (AvgIpc) is 3.15. The van der Waals surface area contributed by atoms with Gasteiger partial charge >= 0.3 is 0 Å². The lowest BCUT2D eigenvalue weighted by molar-refractivity contribution is 0.590. The van der Waals surface area contributed by atoms with Crippen molar-refractivity contribution in [3.8, 4) is 22.6 Å². The van der Waals surface area contributed by atoms with Gasteiger partial charge in [0.25, 0.3) is 0 Å². The van der Waals surface area contributed by atoms with Crippen LogP contribution in [0.3, 0.4) is 0 Å². The van der Waals surface area contributed by atoms with Gasteiger partial charge in [-0.3, -0.25) is 4.98 Å². The number of aryl methyl sites for hydroxylation is 1. The van der Waals surface area contributed by atoms with Gasteiger partial charge in [-0.1, -0.05) is 66.2 Å². The van der Waals surface area contributed by atoms with Crippen LogP contribution in [0.5, 0.6) is 0 Å². The highest BCUT2D eigenvalue weighted by Gasteiger charge is 2.17. The van der Waals surface area contributed by atoms with Gasteiger partial charge in [-0.25, -0.2) is 0 Å². The molecule has 0 aliphatic carbocycles. The molecule has 2 heteroatoms. The van der Waals surface area contributed by atoms with Gasteiger partial charge < -0.3 is 4.42 Å². The quantitative estimate of drug-likeness (QED) is 0.326. The Balaban J connectivity index is 1.79. The molecular formula is C30H35NO. The molecule has 4 aromatic rings. The summed E-state index contributed by atoms with van der Waals surface area (Å²) in [5, 5.41) is 1.04. The summed E-state index contributed by atoms with van der Waals surface area (Å²) in [6.45, 7) is 17.9. The first-order chi connectivity index (χ1) is 15.0. The Morgan fingerprint density at radius 1 is 0.750 bits per heavy atom. The van der Waals surface area contributed by atoms with E-state index in [9.17, 15) is 0 Å². The molecule has 32 heavy (non-hydrogen) atoms. The fraction of sp³-hybridized carbons (Fsp3) is 0.367. The number of rotatable bonds is 4.